The molecule has 194 valence electrons. The van der Waals surface area contributed by atoms with E-state index in [0.717, 1.165) is 12.8 Å². The summed E-state index contributed by atoms with van der Waals surface area (Å²) < 4.78 is 27.0. The van der Waals surface area contributed by atoms with Crippen molar-refractivity contribution in [2.24, 2.45) is 0 Å². The highest BCUT2D eigenvalue weighted by Gasteiger charge is 2.10. The minimum Gasteiger partial charge on any atom is -0.202 e. The van der Waals surface area contributed by atoms with Gasteiger partial charge in [-0.3, -0.25) is 0 Å². The molecule has 0 aromatic rings. The first-order valence-corrected chi connectivity index (χ1v) is 15.6. The Morgan fingerprint density at radius 2 is 0.719 bits per heavy atom. The van der Waals surface area contributed by atoms with E-state index in [1.54, 1.807) is 14.1 Å². The van der Waals surface area contributed by atoms with Crippen LogP contribution in [0.1, 0.15) is 155 Å². The van der Waals surface area contributed by atoms with Gasteiger partial charge >= 0.3 is 0 Å². The topological polar surface area (TPSA) is 49.4 Å². The highest BCUT2D eigenvalue weighted by Crippen LogP contribution is 2.15. The fourth-order valence-corrected chi connectivity index (χ4v) is 4.90. The minimum absolute atomic E-state index is 0.555. The standard InChI is InChI=1S/C27H58N2O2S/c1-4-5-6-7-8-9-10-11-12-13-14-15-16-17-18-19-20-21-22-23-24-25-26-27-28-32(30,31)29(2)3/h28H,4-27H2,1-3H3. The Morgan fingerprint density at radius 3 is 0.969 bits per heavy atom. The van der Waals surface area contributed by atoms with Gasteiger partial charge < -0.3 is 0 Å². The zero-order chi connectivity index (χ0) is 23.8. The molecule has 0 aromatic carbocycles. The predicted molar refractivity (Wildman–Crippen MR) is 142 cm³/mol. The SMILES string of the molecule is CCCCCCCCCCCCCCCCCCCCCCCCCNS(=O)(=O)N(C)C. The lowest BCUT2D eigenvalue weighted by Crippen LogP contribution is -2.36. The molecule has 1 N–H and O–H groups in total. The third kappa shape index (κ3) is 23.0. The number of nitrogens with one attached hydrogen (secondary N) is 1. The first-order valence-electron chi connectivity index (χ1n) is 14.2. The Kier molecular flexibility index (Phi) is 23.9. The maximum absolute atomic E-state index is 11.6. The lowest BCUT2D eigenvalue weighted by atomic mass is 10.0. The van der Waals surface area contributed by atoms with Gasteiger partial charge in [0.15, 0.2) is 0 Å². The molecule has 0 aliphatic rings. The van der Waals surface area contributed by atoms with Crippen LogP contribution in [0.5, 0.6) is 0 Å². The Labute approximate surface area is 202 Å². The van der Waals surface area contributed by atoms with Crippen molar-refractivity contribution in [1.82, 2.24) is 9.03 Å². The van der Waals surface area contributed by atoms with Crippen LogP contribution in [-0.4, -0.2) is 33.4 Å². The van der Waals surface area contributed by atoms with E-state index in [0.29, 0.717) is 6.54 Å². The molecule has 0 amide bonds. The molecule has 0 aliphatic heterocycles. The van der Waals surface area contributed by atoms with Gasteiger partial charge in [0.2, 0.25) is 0 Å². The second-order valence-corrected chi connectivity index (χ2v) is 11.9. The van der Waals surface area contributed by atoms with E-state index < -0.39 is 10.2 Å². The molecule has 0 saturated carbocycles. The van der Waals surface area contributed by atoms with Crippen molar-refractivity contribution >= 4 is 10.2 Å². The van der Waals surface area contributed by atoms with Crippen molar-refractivity contribution in [3.05, 3.63) is 0 Å². The summed E-state index contributed by atoms with van der Waals surface area (Å²) in [6, 6.07) is 0. The van der Waals surface area contributed by atoms with Crippen LogP contribution in [0.25, 0.3) is 0 Å². The molecule has 0 saturated heterocycles. The van der Waals surface area contributed by atoms with Crippen molar-refractivity contribution in [3.8, 4) is 0 Å². The summed E-state index contributed by atoms with van der Waals surface area (Å²) in [5.74, 6) is 0. The number of unbranched alkanes of at least 4 members (excludes halogenated alkanes) is 22. The Balaban J connectivity index is 3.11. The van der Waals surface area contributed by atoms with Gasteiger partial charge in [-0.2, -0.15) is 12.7 Å². The normalized spacial score (nSPS) is 12.1. The maximum atomic E-state index is 11.6. The van der Waals surface area contributed by atoms with Crippen LogP contribution in [-0.2, 0) is 10.2 Å². The van der Waals surface area contributed by atoms with Crippen LogP contribution in [0.2, 0.25) is 0 Å². The number of rotatable bonds is 26. The third-order valence-corrected chi connectivity index (χ3v) is 8.08. The van der Waals surface area contributed by atoms with Gasteiger partial charge in [0, 0.05) is 20.6 Å². The Bertz CT molecular complexity index is 466. The van der Waals surface area contributed by atoms with Gasteiger partial charge in [-0.05, 0) is 6.42 Å². The number of hydrogen-bond acceptors (Lipinski definition) is 2. The second-order valence-electron chi connectivity index (χ2n) is 9.96. The quantitative estimate of drug-likeness (QED) is 0.128. The summed E-state index contributed by atoms with van der Waals surface area (Å²) >= 11 is 0. The average molecular weight is 475 g/mol. The van der Waals surface area contributed by atoms with E-state index in [-0.39, 0.29) is 0 Å². The highest BCUT2D eigenvalue weighted by atomic mass is 32.2. The van der Waals surface area contributed by atoms with E-state index in [4.69, 9.17) is 0 Å². The zero-order valence-corrected chi connectivity index (χ0v) is 23.0. The van der Waals surface area contributed by atoms with Gasteiger partial charge in [0.1, 0.15) is 0 Å². The van der Waals surface area contributed by atoms with Gasteiger partial charge in [-0.25, -0.2) is 4.72 Å². The summed E-state index contributed by atoms with van der Waals surface area (Å²) in [6.45, 7) is 2.85. The Hall–Kier alpha value is -0.130. The second kappa shape index (κ2) is 24.0. The van der Waals surface area contributed by atoms with Crippen molar-refractivity contribution in [1.29, 1.82) is 0 Å². The molecule has 0 rings (SSSR count). The van der Waals surface area contributed by atoms with Gasteiger partial charge in [0.25, 0.3) is 10.2 Å². The molecule has 0 atom stereocenters. The van der Waals surface area contributed by atoms with Crippen LogP contribution in [0.15, 0.2) is 0 Å². The molecule has 0 unspecified atom stereocenters. The summed E-state index contributed by atoms with van der Waals surface area (Å²) in [5.41, 5.74) is 0. The highest BCUT2D eigenvalue weighted by molar-refractivity contribution is 7.87. The fourth-order valence-electron chi connectivity index (χ4n) is 4.24. The molecular formula is C27H58N2O2S. The van der Waals surface area contributed by atoms with Crippen molar-refractivity contribution < 1.29 is 8.42 Å². The summed E-state index contributed by atoms with van der Waals surface area (Å²) in [4.78, 5) is 0. The molecule has 4 nitrogen and oxygen atoms in total. The third-order valence-electron chi connectivity index (χ3n) is 6.55. The first-order chi connectivity index (χ1) is 15.5. The summed E-state index contributed by atoms with van der Waals surface area (Å²) in [7, 11) is -0.128. The molecule has 0 fully saturated rings. The van der Waals surface area contributed by atoms with E-state index in [1.807, 2.05) is 0 Å². The summed E-state index contributed by atoms with van der Waals surface area (Å²) in [6.07, 6.45) is 31.7. The first kappa shape index (κ1) is 31.9. The molecule has 32 heavy (non-hydrogen) atoms. The van der Waals surface area contributed by atoms with E-state index in [2.05, 4.69) is 11.6 Å². The number of nitrogens with zero attached hydrogens (tertiary/aromatic N) is 1. The van der Waals surface area contributed by atoms with Crippen molar-refractivity contribution in [2.45, 2.75) is 155 Å². The lowest BCUT2D eigenvalue weighted by Gasteiger charge is -2.11. The molecule has 0 aromatic heterocycles. The molecule has 0 bridgehead atoms. The lowest BCUT2D eigenvalue weighted by molar-refractivity contribution is 0.499. The zero-order valence-electron chi connectivity index (χ0n) is 22.1. The van der Waals surface area contributed by atoms with E-state index in [1.165, 1.54) is 139 Å². The van der Waals surface area contributed by atoms with Crippen molar-refractivity contribution in [2.75, 3.05) is 20.6 Å². The minimum atomic E-state index is -3.24. The van der Waals surface area contributed by atoms with Gasteiger partial charge in [-0.1, -0.05) is 148 Å². The van der Waals surface area contributed by atoms with Gasteiger partial charge in [0.05, 0.1) is 0 Å². The number of hydrogen-bond donors (Lipinski definition) is 1. The fraction of sp³-hybridized carbons (Fsp3) is 1.00. The Morgan fingerprint density at radius 1 is 0.469 bits per heavy atom. The molecule has 0 heterocycles. The molecule has 0 radical (unpaired) electrons. The van der Waals surface area contributed by atoms with Crippen LogP contribution >= 0.6 is 0 Å². The van der Waals surface area contributed by atoms with Crippen molar-refractivity contribution in [3.63, 3.8) is 0 Å². The average Bonchev–Trinajstić information content (AvgIpc) is 2.76. The van der Waals surface area contributed by atoms with Crippen LogP contribution in [0, 0.1) is 0 Å². The predicted octanol–water partition coefficient (Wildman–Crippen LogP) is 8.37. The molecule has 0 aliphatic carbocycles. The molecular weight excluding hydrogens is 416 g/mol. The summed E-state index contributed by atoms with van der Waals surface area (Å²) in [5, 5.41) is 0. The monoisotopic (exact) mass is 474 g/mol. The van der Waals surface area contributed by atoms with E-state index >= 15 is 0 Å². The van der Waals surface area contributed by atoms with E-state index in [9.17, 15) is 8.42 Å². The molecule has 5 heteroatoms. The van der Waals surface area contributed by atoms with Crippen LogP contribution < -0.4 is 4.72 Å². The largest absolute Gasteiger partial charge is 0.278 e. The van der Waals surface area contributed by atoms with Crippen LogP contribution in [0.3, 0.4) is 0 Å². The maximum Gasteiger partial charge on any atom is 0.278 e. The smallest absolute Gasteiger partial charge is 0.202 e. The van der Waals surface area contributed by atoms with Crippen LogP contribution in [0.4, 0.5) is 0 Å². The van der Waals surface area contributed by atoms with Gasteiger partial charge in [-0.15, -0.1) is 0 Å². The molecule has 0 spiro atoms.